The van der Waals surface area contributed by atoms with E-state index in [1.165, 1.54) is 0 Å². The van der Waals surface area contributed by atoms with E-state index in [0.717, 1.165) is 49.7 Å². The summed E-state index contributed by atoms with van der Waals surface area (Å²) >= 11 is 11.8. The highest BCUT2D eigenvalue weighted by atomic mass is 35.5. The van der Waals surface area contributed by atoms with E-state index in [2.05, 4.69) is 40.4 Å². The number of benzene rings is 4. The molecule has 0 aromatic heterocycles. The number of carbonyl (C=O) groups excluding carboxylic acids is 3. The number of rotatable bonds is 16. The summed E-state index contributed by atoms with van der Waals surface area (Å²) in [5, 5.41) is 27.0. The molecule has 12 atom stereocenters. The Balaban J connectivity index is 0.000000184. The molecule has 10 nitrogen and oxygen atoms in total. The molecular weight excluding hydrogens is 809 g/mol. The number of halogens is 2. The number of hydrogen-bond acceptors (Lipinski definition) is 6. The van der Waals surface area contributed by atoms with Crippen LogP contribution in [0.5, 0.6) is 0 Å². The van der Waals surface area contributed by atoms with E-state index in [4.69, 9.17) is 23.2 Å². The van der Waals surface area contributed by atoms with Crippen molar-refractivity contribution in [3.05, 3.63) is 141 Å². The summed E-state index contributed by atoms with van der Waals surface area (Å²) in [5.41, 5.74) is 3.03. The molecule has 8 rings (SSSR count). The maximum Gasteiger partial charge on any atom is 0.325 e. The minimum absolute atomic E-state index is 0.00927. The molecule has 322 valence electrons. The molecule has 8 unspecified atom stereocenters. The van der Waals surface area contributed by atoms with Crippen LogP contribution in [-0.2, 0) is 9.59 Å². The molecule has 0 spiro atoms. The van der Waals surface area contributed by atoms with Crippen LogP contribution in [0.4, 0.5) is 0 Å². The van der Waals surface area contributed by atoms with E-state index in [9.17, 15) is 24.3 Å². The van der Waals surface area contributed by atoms with Crippen LogP contribution in [0.3, 0.4) is 0 Å². The van der Waals surface area contributed by atoms with Gasteiger partial charge in [0.15, 0.2) is 0 Å². The quantitative estimate of drug-likeness (QED) is 0.0665. The largest absolute Gasteiger partial charge is 0.480 e. The molecule has 0 heterocycles. The molecule has 4 aliphatic carbocycles. The molecule has 0 radical (unpaired) electrons. The van der Waals surface area contributed by atoms with Crippen LogP contribution in [0.25, 0.3) is 0 Å². The molecule has 0 saturated heterocycles. The van der Waals surface area contributed by atoms with Crippen molar-refractivity contribution in [2.45, 2.75) is 88.6 Å². The second-order valence-corrected chi connectivity index (χ2v) is 18.0. The number of likely N-dealkylation sites (N-methyl/N-ethyl adjacent to an activating group) is 1. The molecule has 6 N–H and O–H groups in total. The predicted octanol–water partition coefficient (Wildman–Crippen LogP) is 8.24. The number of aliphatic carboxylic acids is 1. The monoisotopic (exact) mass is 865 g/mol. The highest BCUT2D eigenvalue weighted by Crippen LogP contribution is 2.60. The third-order valence-electron chi connectivity index (χ3n) is 13.5. The highest BCUT2D eigenvalue weighted by Gasteiger charge is 2.60. The molecule has 4 saturated carbocycles. The van der Waals surface area contributed by atoms with Gasteiger partial charge < -0.3 is 21.1 Å². The number of carboxylic acids is 1. The lowest BCUT2D eigenvalue weighted by Gasteiger charge is -2.26. The second kappa shape index (κ2) is 20.0. The summed E-state index contributed by atoms with van der Waals surface area (Å²) in [7, 11) is 1.68. The summed E-state index contributed by atoms with van der Waals surface area (Å²) in [6.45, 7) is 4.24. The highest BCUT2D eigenvalue weighted by molar-refractivity contribution is 6.31. The fourth-order valence-corrected chi connectivity index (χ4v) is 10.7. The van der Waals surface area contributed by atoms with Gasteiger partial charge in [0, 0.05) is 52.4 Å². The zero-order chi connectivity index (χ0) is 43.2. The lowest BCUT2D eigenvalue weighted by atomic mass is 9.97. The fraction of sp³-hybridized carbons (Fsp3) is 0.429. The van der Waals surface area contributed by atoms with Crippen LogP contribution >= 0.6 is 23.2 Å². The lowest BCUT2D eigenvalue weighted by Crippen LogP contribution is -2.42. The first-order chi connectivity index (χ1) is 29.5. The smallest absolute Gasteiger partial charge is 0.325 e. The van der Waals surface area contributed by atoms with Gasteiger partial charge in [-0.1, -0.05) is 97.7 Å². The van der Waals surface area contributed by atoms with Crippen LogP contribution in [-0.4, -0.2) is 60.0 Å². The summed E-state index contributed by atoms with van der Waals surface area (Å²) in [6.07, 6.45) is 5.81. The minimum Gasteiger partial charge on any atom is -0.480 e. The first-order valence-electron chi connectivity index (χ1n) is 21.7. The van der Waals surface area contributed by atoms with Gasteiger partial charge in [0.2, 0.25) is 5.91 Å². The van der Waals surface area contributed by atoms with Crippen molar-refractivity contribution < 1.29 is 24.3 Å². The van der Waals surface area contributed by atoms with Crippen molar-refractivity contribution in [1.82, 2.24) is 26.6 Å². The summed E-state index contributed by atoms with van der Waals surface area (Å²) < 4.78 is 0. The van der Waals surface area contributed by atoms with Crippen molar-refractivity contribution in [3.63, 3.8) is 0 Å². The zero-order valence-corrected chi connectivity index (χ0v) is 36.4. The van der Waals surface area contributed by atoms with Crippen molar-refractivity contribution in [2.24, 2.45) is 35.5 Å². The molecule has 0 bridgehead atoms. The SMILES string of the molecule is CCC(NC(=O)c1ccc(Cl)cc1)C1[C@H]2CC(NC(C(=O)NC)c3ccccc3)C[C@@H]12.CCC(NC(=O)c1ccc(Cl)cc1)C1[C@H]2CC(NC(C(=O)O)c3ccccc3)C[C@@H]12. The van der Waals surface area contributed by atoms with Gasteiger partial charge in [-0.2, -0.15) is 0 Å². The first kappa shape index (κ1) is 44.3. The van der Waals surface area contributed by atoms with Crippen molar-refractivity contribution in [2.75, 3.05) is 7.05 Å². The van der Waals surface area contributed by atoms with Gasteiger partial charge in [-0.25, -0.2) is 0 Å². The van der Waals surface area contributed by atoms with Crippen LogP contribution < -0.4 is 26.6 Å². The van der Waals surface area contributed by atoms with Gasteiger partial charge in [0.05, 0.1) is 0 Å². The Morgan fingerprint density at radius 1 is 0.574 bits per heavy atom. The van der Waals surface area contributed by atoms with Crippen LogP contribution in [0, 0.1) is 35.5 Å². The molecule has 4 aliphatic rings. The van der Waals surface area contributed by atoms with E-state index in [0.29, 0.717) is 62.7 Å². The average molecular weight is 867 g/mol. The van der Waals surface area contributed by atoms with Gasteiger partial charge in [-0.3, -0.25) is 29.8 Å². The molecule has 3 amide bonds. The number of carboxylic acid groups (broad SMARTS) is 1. The number of hydrogen-bond donors (Lipinski definition) is 6. The summed E-state index contributed by atoms with van der Waals surface area (Å²) in [5.74, 6) is 2.35. The Morgan fingerprint density at radius 3 is 1.28 bits per heavy atom. The van der Waals surface area contributed by atoms with Gasteiger partial charge in [0.25, 0.3) is 11.8 Å². The van der Waals surface area contributed by atoms with Gasteiger partial charge in [-0.05, 0) is 134 Å². The summed E-state index contributed by atoms with van der Waals surface area (Å²) in [4.78, 5) is 49.4. The zero-order valence-electron chi connectivity index (χ0n) is 34.9. The molecule has 0 aliphatic heterocycles. The third-order valence-corrected chi connectivity index (χ3v) is 14.0. The van der Waals surface area contributed by atoms with Gasteiger partial charge in [-0.15, -0.1) is 0 Å². The predicted molar refractivity (Wildman–Crippen MR) is 239 cm³/mol. The first-order valence-corrected chi connectivity index (χ1v) is 22.4. The number of fused-ring (bicyclic) bond motifs is 2. The van der Waals surface area contributed by atoms with Crippen molar-refractivity contribution >= 4 is 46.9 Å². The Hall–Kier alpha value is -4.74. The van der Waals surface area contributed by atoms with Crippen LogP contribution in [0.1, 0.15) is 96.3 Å². The Labute approximate surface area is 369 Å². The van der Waals surface area contributed by atoms with Crippen LogP contribution in [0.2, 0.25) is 10.0 Å². The van der Waals surface area contributed by atoms with Crippen molar-refractivity contribution in [1.29, 1.82) is 0 Å². The topological polar surface area (TPSA) is 149 Å². The normalized spacial score (nSPS) is 26.2. The molecular formula is C49H57Cl2N5O5. The Kier molecular flexibility index (Phi) is 14.5. The minimum atomic E-state index is -0.847. The summed E-state index contributed by atoms with van der Waals surface area (Å²) in [6, 6.07) is 33.0. The van der Waals surface area contributed by atoms with Crippen LogP contribution in [0.15, 0.2) is 109 Å². The second-order valence-electron chi connectivity index (χ2n) is 17.1. The molecule has 61 heavy (non-hydrogen) atoms. The molecule has 4 aromatic carbocycles. The number of nitrogens with one attached hydrogen (secondary N) is 5. The average Bonchev–Trinajstić information content (AvgIpc) is 3.99. The number of carbonyl (C=O) groups is 4. The maximum atomic E-state index is 12.6. The maximum absolute atomic E-state index is 12.6. The third kappa shape index (κ3) is 10.7. The molecule has 12 heteroatoms. The standard InChI is InChI=1S/C25H30ClN3O2.C24H27ClN2O3/c1-3-21(29-24(30)16-9-11-17(26)12-10-16)22-19-13-18(14-20(19)22)28-23(25(31)27-2)15-7-5-4-6-8-15;1-2-20(27-23(28)15-8-10-16(25)11-9-15)21-18-12-17(13-19(18)21)26-22(24(29)30)14-6-4-3-5-7-14/h4-12,18-23,28H,3,13-14H2,1-2H3,(H,27,31)(H,29,30);3-11,17-22,26H,2,12-13H2,1H3,(H,27,28)(H,29,30)/t18?,19-,20+,21?,22?,23?;17?,18-,19+,20?,21?,22?. The van der Waals surface area contributed by atoms with E-state index in [-0.39, 0.29) is 41.9 Å². The molecule has 4 fully saturated rings. The number of amides is 3. The van der Waals surface area contributed by atoms with E-state index < -0.39 is 12.0 Å². The van der Waals surface area contributed by atoms with E-state index in [1.807, 2.05) is 60.7 Å². The lowest BCUT2D eigenvalue weighted by molar-refractivity contribution is -0.140. The van der Waals surface area contributed by atoms with E-state index in [1.54, 1.807) is 55.6 Å². The van der Waals surface area contributed by atoms with Gasteiger partial charge in [0.1, 0.15) is 12.1 Å². The Morgan fingerprint density at radius 2 is 0.934 bits per heavy atom. The fourth-order valence-electron chi connectivity index (χ4n) is 10.4. The van der Waals surface area contributed by atoms with Gasteiger partial charge >= 0.3 is 5.97 Å². The van der Waals surface area contributed by atoms with Crippen molar-refractivity contribution in [3.8, 4) is 0 Å². The van der Waals surface area contributed by atoms with E-state index >= 15 is 0 Å². The Bertz CT molecular complexity index is 2100. The molecule has 4 aromatic rings.